The van der Waals surface area contributed by atoms with Gasteiger partial charge in [-0.3, -0.25) is 4.90 Å². The summed E-state index contributed by atoms with van der Waals surface area (Å²) >= 11 is 0. The molecule has 0 aromatic rings. The monoisotopic (exact) mass is 228 g/mol. The smallest absolute Gasteiger partial charge is 0.0827 e. The average Bonchev–Trinajstić information content (AvgIpc) is 2.12. The highest BCUT2D eigenvalue weighted by atomic mass is 16.5. The predicted molar refractivity (Wildman–Crippen MR) is 63.7 cm³/mol. The van der Waals surface area contributed by atoms with E-state index in [9.17, 15) is 0 Å². The average molecular weight is 228 g/mol. The Hall–Kier alpha value is -0.160. The van der Waals surface area contributed by atoms with Crippen LogP contribution in [0.1, 0.15) is 20.8 Å². The normalized spacial score (nSPS) is 29.1. The molecule has 0 radical (unpaired) electrons. The van der Waals surface area contributed by atoms with Crippen LogP contribution in [-0.2, 0) is 9.47 Å². The van der Waals surface area contributed by atoms with E-state index in [1.54, 1.807) is 0 Å². The van der Waals surface area contributed by atoms with Crippen molar-refractivity contribution in [3.8, 4) is 0 Å². The van der Waals surface area contributed by atoms with Crippen molar-refractivity contribution in [2.45, 2.75) is 38.5 Å². The van der Waals surface area contributed by atoms with Gasteiger partial charge in [-0.1, -0.05) is 0 Å². The number of hydrogen-bond donors (Lipinski definition) is 1. The van der Waals surface area contributed by atoms with Gasteiger partial charge in [0.2, 0.25) is 0 Å². The Labute approximate surface area is 98.3 Å². The van der Waals surface area contributed by atoms with Crippen LogP contribution < -0.4 is 5.32 Å². The third-order valence-electron chi connectivity index (χ3n) is 3.17. The van der Waals surface area contributed by atoms with E-state index < -0.39 is 0 Å². The topological polar surface area (TPSA) is 33.7 Å². The highest BCUT2D eigenvalue weighted by Crippen LogP contribution is 2.15. The van der Waals surface area contributed by atoms with Crippen molar-refractivity contribution in [3.05, 3.63) is 0 Å². The molecule has 0 aromatic carbocycles. The van der Waals surface area contributed by atoms with Crippen LogP contribution in [0.15, 0.2) is 0 Å². The molecule has 0 spiro atoms. The van der Waals surface area contributed by atoms with Crippen molar-refractivity contribution in [2.24, 2.45) is 0 Å². The molecule has 1 atom stereocenters. The maximum absolute atomic E-state index is 5.78. The molecule has 2 aliphatic heterocycles. The second-order valence-electron chi connectivity index (χ2n) is 5.81. The van der Waals surface area contributed by atoms with Gasteiger partial charge in [0.05, 0.1) is 32.0 Å². The first-order valence-electron chi connectivity index (χ1n) is 6.23. The Morgan fingerprint density at radius 1 is 1.31 bits per heavy atom. The quantitative estimate of drug-likeness (QED) is 0.761. The molecule has 94 valence electrons. The van der Waals surface area contributed by atoms with Crippen LogP contribution in [0.25, 0.3) is 0 Å². The Kier molecular flexibility index (Phi) is 3.85. The fraction of sp³-hybridized carbons (Fsp3) is 1.00. The molecule has 16 heavy (non-hydrogen) atoms. The zero-order valence-electron chi connectivity index (χ0n) is 10.7. The van der Waals surface area contributed by atoms with Crippen LogP contribution >= 0.6 is 0 Å². The van der Waals surface area contributed by atoms with Crippen LogP contribution in [-0.4, -0.2) is 62.0 Å². The minimum Gasteiger partial charge on any atom is -0.378 e. The Morgan fingerprint density at radius 2 is 2.06 bits per heavy atom. The summed E-state index contributed by atoms with van der Waals surface area (Å²) in [6.07, 6.45) is 0.327. The molecule has 1 N–H and O–H groups in total. The number of nitrogens with zero attached hydrogens (tertiary/aromatic N) is 1. The minimum absolute atomic E-state index is 0.172. The molecule has 0 bridgehead atoms. The fourth-order valence-corrected chi connectivity index (χ4v) is 2.05. The van der Waals surface area contributed by atoms with Crippen molar-refractivity contribution < 1.29 is 9.47 Å². The van der Waals surface area contributed by atoms with Gasteiger partial charge in [0.1, 0.15) is 0 Å². The van der Waals surface area contributed by atoms with Gasteiger partial charge < -0.3 is 14.8 Å². The van der Waals surface area contributed by atoms with Gasteiger partial charge in [-0.05, 0) is 20.8 Å². The number of ether oxygens (including phenoxy) is 2. The predicted octanol–water partition coefficient (Wildman–Crippen LogP) is 0.474. The van der Waals surface area contributed by atoms with Gasteiger partial charge in [-0.25, -0.2) is 0 Å². The van der Waals surface area contributed by atoms with Crippen molar-refractivity contribution in [1.29, 1.82) is 0 Å². The van der Waals surface area contributed by atoms with E-state index in [2.05, 4.69) is 31.0 Å². The maximum atomic E-state index is 5.78. The lowest BCUT2D eigenvalue weighted by atomic mass is 10.1. The highest BCUT2D eigenvalue weighted by molar-refractivity contribution is 4.84. The second-order valence-corrected chi connectivity index (χ2v) is 5.81. The standard InChI is InChI=1S/C12H24N2O2/c1-12(2,3)13-6-11-7-14(4-5-16-11)10-8-15-9-10/h10-11,13H,4-9H2,1-3H3/t11-/m1/s1. The van der Waals surface area contributed by atoms with Gasteiger partial charge in [0.15, 0.2) is 0 Å². The lowest BCUT2D eigenvalue weighted by molar-refractivity contribution is -0.113. The lowest BCUT2D eigenvalue weighted by Gasteiger charge is -2.42. The van der Waals surface area contributed by atoms with Crippen molar-refractivity contribution in [1.82, 2.24) is 10.2 Å². The summed E-state index contributed by atoms with van der Waals surface area (Å²) in [5.41, 5.74) is 0.172. The SMILES string of the molecule is CC(C)(C)NC[C@@H]1CN(C2COC2)CCO1. The molecule has 2 saturated heterocycles. The van der Waals surface area contributed by atoms with Gasteiger partial charge in [0, 0.05) is 25.2 Å². The van der Waals surface area contributed by atoms with Crippen molar-refractivity contribution in [3.63, 3.8) is 0 Å². The molecular formula is C12H24N2O2. The van der Waals surface area contributed by atoms with Crippen LogP contribution in [0.2, 0.25) is 0 Å². The molecular weight excluding hydrogens is 204 g/mol. The van der Waals surface area contributed by atoms with E-state index in [-0.39, 0.29) is 5.54 Å². The number of hydrogen-bond acceptors (Lipinski definition) is 4. The van der Waals surface area contributed by atoms with Crippen molar-refractivity contribution in [2.75, 3.05) is 39.5 Å². The van der Waals surface area contributed by atoms with Gasteiger partial charge in [-0.2, -0.15) is 0 Å². The molecule has 2 fully saturated rings. The Bertz CT molecular complexity index is 224. The summed E-state index contributed by atoms with van der Waals surface area (Å²) in [7, 11) is 0. The van der Waals surface area contributed by atoms with Crippen molar-refractivity contribution >= 4 is 0 Å². The zero-order valence-corrected chi connectivity index (χ0v) is 10.7. The van der Waals surface area contributed by atoms with E-state index in [0.29, 0.717) is 12.1 Å². The van der Waals surface area contributed by atoms with Crippen LogP contribution in [0, 0.1) is 0 Å². The molecule has 0 aromatic heterocycles. The summed E-state index contributed by atoms with van der Waals surface area (Å²) in [6.45, 7) is 12.3. The lowest BCUT2D eigenvalue weighted by Crippen LogP contribution is -2.57. The number of morpholine rings is 1. The Morgan fingerprint density at radius 3 is 2.62 bits per heavy atom. The third kappa shape index (κ3) is 3.42. The second kappa shape index (κ2) is 5.00. The molecule has 0 unspecified atom stereocenters. The van der Waals surface area contributed by atoms with Crippen LogP contribution in [0.4, 0.5) is 0 Å². The summed E-state index contributed by atoms with van der Waals surface area (Å²) in [5, 5.41) is 3.50. The number of rotatable bonds is 3. The van der Waals surface area contributed by atoms with E-state index >= 15 is 0 Å². The molecule has 2 heterocycles. The summed E-state index contributed by atoms with van der Waals surface area (Å²) in [5.74, 6) is 0. The summed E-state index contributed by atoms with van der Waals surface area (Å²) < 4.78 is 11.0. The fourth-order valence-electron chi connectivity index (χ4n) is 2.05. The van der Waals surface area contributed by atoms with E-state index in [1.165, 1.54) is 0 Å². The summed E-state index contributed by atoms with van der Waals surface area (Å²) in [6, 6.07) is 0.640. The first-order chi connectivity index (χ1) is 7.54. The van der Waals surface area contributed by atoms with Gasteiger partial charge in [0.25, 0.3) is 0 Å². The van der Waals surface area contributed by atoms with Crippen LogP contribution in [0.5, 0.6) is 0 Å². The molecule has 0 amide bonds. The largest absolute Gasteiger partial charge is 0.378 e. The van der Waals surface area contributed by atoms with E-state index in [1.807, 2.05) is 0 Å². The first kappa shape index (κ1) is 12.3. The zero-order chi connectivity index (χ0) is 11.6. The molecule has 4 heteroatoms. The van der Waals surface area contributed by atoms with E-state index in [4.69, 9.17) is 9.47 Å². The molecule has 2 aliphatic rings. The minimum atomic E-state index is 0.172. The molecule has 0 aliphatic carbocycles. The first-order valence-corrected chi connectivity index (χ1v) is 6.23. The number of nitrogens with one attached hydrogen (secondary N) is 1. The Balaban J connectivity index is 1.73. The van der Waals surface area contributed by atoms with Crippen LogP contribution in [0.3, 0.4) is 0 Å². The summed E-state index contributed by atoms with van der Waals surface area (Å²) in [4.78, 5) is 2.50. The van der Waals surface area contributed by atoms with E-state index in [0.717, 1.165) is 39.5 Å². The molecule has 4 nitrogen and oxygen atoms in total. The van der Waals surface area contributed by atoms with Gasteiger partial charge >= 0.3 is 0 Å². The molecule has 2 rings (SSSR count). The highest BCUT2D eigenvalue weighted by Gasteiger charge is 2.30. The molecule has 0 saturated carbocycles. The van der Waals surface area contributed by atoms with Gasteiger partial charge in [-0.15, -0.1) is 0 Å². The third-order valence-corrected chi connectivity index (χ3v) is 3.17. The maximum Gasteiger partial charge on any atom is 0.0827 e.